The second-order valence-corrected chi connectivity index (χ2v) is 6.78. The molecule has 1 aromatic carbocycles. The summed E-state index contributed by atoms with van der Waals surface area (Å²) < 4.78 is 4.76. The maximum Gasteiger partial charge on any atom is 0.407 e. The van der Waals surface area contributed by atoms with Crippen LogP contribution in [-0.4, -0.2) is 47.2 Å². The SMILES string of the molecule is COC(=O)NC(CN1CCCC1c1nc2ccccc2[nH]1)C(C)C. The molecule has 24 heavy (non-hydrogen) atoms. The summed E-state index contributed by atoms with van der Waals surface area (Å²) in [6.07, 6.45) is 1.86. The number of nitrogens with one attached hydrogen (secondary N) is 2. The first-order valence-electron chi connectivity index (χ1n) is 8.61. The fourth-order valence-electron chi connectivity index (χ4n) is 3.37. The quantitative estimate of drug-likeness (QED) is 0.884. The number of benzene rings is 1. The molecule has 3 rings (SSSR count). The van der Waals surface area contributed by atoms with Gasteiger partial charge < -0.3 is 15.0 Å². The number of ether oxygens (including phenoxy) is 1. The van der Waals surface area contributed by atoms with E-state index in [2.05, 4.69) is 35.1 Å². The van der Waals surface area contributed by atoms with E-state index in [9.17, 15) is 4.79 Å². The first-order valence-corrected chi connectivity index (χ1v) is 8.61. The average molecular weight is 330 g/mol. The van der Waals surface area contributed by atoms with E-state index < -0.39 is 0 Å². The van der Waals surface area contributed by atoms with Crippen LogP contribution in [0.5, 0.6) is 0 Å². The van der Waals surface area contributed by atoms with Crippen molar-refractivity contribution in [2.24, 2.45) is 5.92 Å². The van der Waals surface area contributed by atoms with E-state index in [1.54, 1.807) is 0 Å². The largest absolute Gasteiger partial charge is 0.453 e. The number of amides is 1. The molecule has 0 radical (unpaired) electrons. The number of carbonyl (C=O) groups is 1. The summed E-state index contributed by atoms with van der Waals surface area (Å²) in [6, 6.07) is 8.45. The Balaban J connectivity index is 1.75. The van der Waals surface area contributed by atoms with Gasteiger partial charge in [-0.05, 0) is 37.4 Å². The van der Waals surface area contributed by atoms with Crippen LogP contribution in [0.3, 0.4) is 0 Å². The van der Waals surface area contributed by atoms with Crippen LogP contribution in [0.25, 0.3) is 11.0 Å². The monoisotopic (exact) mass is 330 g/mol. The number of likely N-dealkylation sites (tertiary alicyclic amines) is 1. The summed E-state index contributed by atoms with van der Waals surface area (Å²) in [5.41, 5.74) is 2.08. The topological polar surface area (TPSA) is 70.2 Å². The first-order chi connectivity index (χ1) is 11.6. The van der Waals surface area contributed by atoms with E-state index in [1.807, 2.05) is 18.2 Å². The highest BCUT2D eigenvalue weighted by Gasteiger charge is 2.31. The Bertz CT molecular complexity index is 664. The van der Waals surface area contributed by atoms with Gasteiger partial charge in [-0.15, -0.1) is 0 Å². The zero-order valence-electron chi connectivity index (χ0n) is 14.6. The van der Waals surface area contributed by atoms with E-state index in [0.29, 0.717) is 5.92 Å². The van der Waals surface area contributed by atoms with Crippen molar-refractivity contribution < 1.29 is 9.53 Å². The standard InChI is InChI=1S/C18H26N4O2/c1-12(2)15(21-18(23)24-3)11-22-10-6-9-16(22)17-19-13-7-4-5-8-14(13)20-17/h4-5,7-8,12,15-16H,6,9-11H2,1-3H3,(H,19,20)(H,21,23). The van der Waals surface area contributed by atoms with Crippen molar-refractivity contribution in [3.63, 3.8) is 0 Å². The zero-order chi connectivity index (χ0) is 17.1. The Morgan fingerprint density at radius 3 is 2.96 bits per heavy atom. The smallest absolute Gasteiger partial charge is 0.407 e. The zero-order valence-corrected chi connectivity index (χ0v) is 14.6. The van der Waals surface area contributed by atoms with Gasteiger partial charge in [-0.3, -0.25) is 4.90 Å². The summed E-state index contributed by atoms with van der Waals surface area (Å²) in [6.45, 7) is 6.06. The van der Waals surface area contributed by atoms with Gasteiger partial charge in [-0.1, -0.05) is 26.0 Å². The lowest BCUT2D eigenvalue weighted by atomic mass is 10.0. The minimum absolute atomic E-state index is 0.0578. The minimum atomic E-state index is -0.367. The Labute approximate surface area is 142 Å². The number of alkyl carbamates (subject to hydrolysis) is 1. The number of aromatic amines is 1. The molecule has 2 unspecified atom stereocenters. The number of H-pyrrole nitrogens is 1. The van der Waals surface area contributed by atoms with Gasteiger partial charge in [0.15, 0.2) is 0 Å². The number of hydrogen-bond donors (Lipinski definition) is 2. The third kappa shape index (κ3) is 3.53. The maximum atomic E-state index is 11.6. The second kappa shape index (κ2) is 7.21. The summed E-state index contributed by atoms with van der Waals surface area (Å²) in [5, 5.41) is 2.96. The van der Waals surface area contributed by atoms with Crippen molar-refractivity contribution in [1.82, 2.24) is 20.2 Å². The van der Waals surface area contributed by atoms with Crippen molar-refractivity contribution in [3.8, 4) is 0 Å². The van der Waals surface area contributed by atoms with Gasteiger partial charge in [0.25, 0.3) is 0 Å². The summed E-state index contributed by atoms with van der Waals surface area (Å²) in [4.78, 5) is 22.2. The van der Waals surface area contributed by atoms with Crippen LogP contribution in [0.1, 0.15) is 38.6 Å². The highest BCUT2D eigenvalue weighted by Crippen LogP contribution is 2.31. The fraction of sp³-hybridized carbons (Fsp3) is 0.556. The molecule has 130 valence electrons. The van der Waals surface area contributed by atoms with Crippen molar-refractivity contribution in [3.05, 3.63) is 30.1 Å². The molecule has 2 aromatic rings. The van der Waals surface area contributed by atoms with Gasteiger partial charge in [-0.25, -0.2) is 9.78 Å². The molecule has 2 atom stereocenters. The molecule has 0 saturated carbocycles. The molecular weight excluding hydrogens is 304 g/mol. The number of rotatable bonds is 5. The van der Waals surface area contributed by atoms with E-state index in [-0.39, 0.29) is 18.2 Å². The number of hydrogen-bond acceptors (Lipinski definition) is 4. The van der Waals surface area contributed by atoms with E-state index in [1.165, 1.54) is 7.11 Å². The molecule has 0 spiro atoms. The Kier molecular flexibility index (Phi) is 5.04. The molecule has 1 fully saturated rings. The van der Waals surface area contributed by atoms with Crippen LogP contribution in [0.4, 0.5) is 4.79 Å². The summed E-state index contributed by atoms with van der Waals surface area (Å²) in [7, 11) is 1.40. The third-order valence-electron chi connectivity index (χ3n) is 4.81. The normalized spacial score (nSPS) is 19.8. The molecule has 6 heteroatoms. The molecular formula is C18H26N4O2. The Morgan fingerprint density at radius 2 is 2.25 bits per heavy atom. The molecule has 2 heterocycles. The van der Waals surface area contributed by atoms with Crippen molar-refractivity contribution >= 4 is 17.1 Å². The molecule has 2 N–H and O–H groups in total. The molecule has 0 aliphatic carbocycles. The summed E-state index contributed by atoms with van der Waals surface area (Å²) in [5.74, 6) is 1.36. The predicted octanol–water partition coefficient (Wildman–Crippen LogP) is 3.08. The number of methoxy groups -OCH3 is 1. The fourth-order valence-corrected chi connectivity index (χ4v) is 3.37. The molecule has 1 saturated heterocycles. The van der Waals surface area contributed by atoms with Gasteiger partial charge in [0.05, 0.1) is 24.2 Å². The van der Waals surface area contributed by atoms with Crippen LogP contribution in [0.15, 0.2) is 24.3 Å². The number of imidazole rings is 1. The van der Waals surface area contributed by atoms with Crippen LogP contribution < -0.4 is 5.32 Å². The van der Waals surface area contributed by atoms with Gasteiger partial charge in [0.1, 0.15) is 5.82 Å². The predicted molar refractivity (Wildman–Crippen MR) is 93.8 cm³/mol. The van der Waals surface area contributed by atoms with Crippen molar-refractivity contribution in [1.29, 1.82) is 0 Å². The van der Waals surface area contributed by atoms with E-state index >= 15 is 0 Å². The molecule has 0 bridgehead atoms. The highest BCUT2D eigenvalue weighted by atomic mass is 16.5. The lowest BCUT2D eigenvalue weighted by molar-refractivity contribution is 0.150. The summed E-state index contributed by atoms with van der Waals surface area (Å²) >= 11 is 0. The minimum Gasteiger partial charge on any atom is -0.453 e. The highest BCUT2D eigenvalue weighted by molar-refractivity contribution is 5.74. The van der Waals surface area contributed by atoms with Crippen molar-refractivity contribution in [2.75, 3.05) is 20.2 Å². The first kappa shape index (κ1) is 16.8. The van der Waals surface area contributed by atoms with Crippen LogP contribution in [-0.2, 0) is 4.74 Å². The lowest BCUT2D eigenvalue weighted by Gasteiger charge is -2.30. The lowest BCUT2D eigenvalue weighted by Crippen LogP contribution is -2.46. The number of carbonyl (C=O) groups excluding carboxylic acids is 1. The number of para-hydroxylation sites is 2. The molecule has 1 aromatic heterocycles. The molecule has 1 aliphatic rings. The van der Waals surface area contributed by atoms with Gasteiger partial charge in [-0.2, -0.15) is 0 Å². The van der Waals surface area contributed by atoms with Gasteiger partial charge >= 0.3 is 6.09 Å². The molecule has 6 nitrogen and oxygen atoms in total. The van der Waals surface area contributed by atoms with Crippen LogP contribution >= 0.6 is 0 Å². The van der Waals surface area contributed by atoms with Crippen LogP contribution in [0.2, 0.25) is 0 Å². The Morgan fingerprint density at radius 1 is 1.46 bits per heavy atom. The number of fused-ring (bicyclic) bond motifs is 1. The third-order valence-corrected chi connectivity index (χ3v) is 4.81. The number of nitrogens with zero attached hydrogens (tertiary/aromatic N) is 2. The van der Waals surface area contributed by atoms with Gasteiger partial charge in [0.2, 0.25) is 0 Å². The van der Waals surface area contributed by atoms with Crippen LogP contribution in [0, 0.1) is 5.92 Å². The average Bonchev–Trinajstić information content (AvgIpc) is 3.19. The maximum absolute atomic E-state index is 11.6. The molecule has 1 amide bonds. The van der Waals surface area contributed by atoms with Gasteiger partial charge in [0, 0.05) is 12.6 Å². The number of aromatic nitrogens is 2. The van der Waals surface area contributed by atoms with E-state index in [0.717, 1.165) is 42.8 Å². The Hall–Kier alpha value is -2.08. The van der Waals surface area contributed by atoms with E-state index in [4.69, 9.17) is 9.72 Å². The molecule has 1 aliphatic heterocycles. The second-order valence-electron chi connectivity index (χ2n) is 6.78. The van der Waals surface area contributed by atoms with Crippen molar-refractivity contribution in [2.45, 2.75) is 38.8 Å².